The molecule has 3 unspecified atom stereocenters. The van der Waals surface area contributed by atoms with Gasteiger partial charge >= 0.3 is 0 Å². The highest BCUT2D eigenvalue weighted by atomic mass is 16.5. The molecule has 3 aliphatic rings. The number of hydrogen-bond acceptors (Lipinski definition) is 4. The zero-order chi connectivity index (χ0) is 14.4. The summed E-state index contributed by atoms with van der Waals surface area (Å²) in [5, 5.41) is 3.59. The van der Waals surface area contributed by atoms with Gasteiger partial charge in [0.05, 0.1) is 25.6 Å². The highest BCUT2D eigenvalue weighted by molar-refractivity contribution is 5.78. The molecule has 1 saturated carbocycles. The predicted octanol–water partition coefficient (Wildman–Crippen LogP) is 3.27. The first kappa shape index (κ1) is 13.1. The van der Waals surface area contributed by atoms with Gasteiger partial charge in [-0.1, -0.05) is 12.8 Å². The van der Waals surface area contributed by atoms with Crippen molar-refractivity contribution >= 4 is 11.4 Å². The number of nitrogens with one attached hydrogen (secondary N) is 1. The van der Waals surface area contributed by atoms with Crippen LogP contribution in [0.15, 0.2) is 12.1 Å². The third-order valence-corrected chi connectivity index (χ3v) is 5.50. The highest BCUT2D eigenvalue weighted by Gasteiger charge is 2.44. The Kier molecular flexibility index (Phi) is 3.12. The first-order chi connectivity index (χ1) is 10.3. The molecule has 0 radical (unpaired) electrons. The van der Waals surface area contributed by atoms with Gasteiger partial charge in [0, 0.05) is 30.8 Å². The van der Waals surface area contributed by atoms with Crippen molar-refractivity contribution < 1.29 is 9.47 Å². The van der Waals surface area contributed by atoms with E-state index in [0.717, 1.165) is 30.0 Å². The molecule has 2 aliphatic heterocycles. The van der Waals surface area contributed by atoms with Crippen molar-refractivity contribution in [1.29, 1.82) is 0 Å². The average molecular weight is 288 g/mol. The standard InChI is InChI=1S/C17H24N2O2/c1-20-16-8-13-15(9-17(16)21-2)19-12(10-18-13)7-11-5-3-4-6-14(11)19/h8-9,11-12,14,18H,3-7,10H2,1-2H3. The molecule has 3 atom stereocenters. The number of benzene rings is 1. The molecule has 114 valence electrons. The molecule has 0 spiro atoms. The summed E-state index contributed by atoms with van der Waals surface area (Å²) < 4.78 is 10.9. The molecule has 2 heterocycles. The largest absolute Gasteiger partial charge is 0.493 e. The molecule has 1 aromatic carbocycles. The van der Waals surface area contributed by atoms with Crippen LogP contribution < -0.4 is 19.7 Å². The molecule has 4 heteroatoms. The van der Waals surface area contributed by atoms with Gasteiger partial charge in [-0.15, -0.1) is 0 Å². The van der Waals surface area contributed by atoms with Gasteiger partial charge in [0.25, 0.3) is 0 Å². The Bertz CT molecular complexity index is 546. The van der Waals surface area contributed by atoms with E-state index in [9.17, 15) is 0 Å². The minimum Gasteiger partial charge on any atom is -0.493 e. The van der Waals surface area contributed by atoms with E-state index in [2.05, 4.69) is 22.3 Å². The van der Waals surface area contributed by atoms with E-state index in [1.54, 1.807) is 14.2 Å². The van der Waals surface area contributed by atoms with Crippen molar-refractivity contribution in [3.8, 4) is 11.5 Å². The quantitative estimate of drug-likeness (QED) is 0.905. The van der Waals surface area contributed by atoms with Crippen molar-refractivity contribution in [2.75, 3.05) is 31.0 Å². The maximum Gasteiger partial charge on any atom is 0.162 e. The molecular weight excluding hydrogens is 264 g/mol. The van der Waals surface area contributed by atoms with Crippen LogP contribution in [0.5, 0.6) is 11.5 Å². The lowest BCUT2D eigenvalue weighted by molar-refractivity contribution is 0.341. The fourth-order valence-electron chi connectivity index (χ4n) is 4.57. The zero-order valence-electron chi connectivity index (χ0n) is 12.9. The van der Waals surface area contributed by atoms with Crippen molar-refractivity contribution in [3.63, 3.8) is 0 Å². The number of anilines is 2. The van der Waals surface area contributed by atoms with Crippen molar-refractivity contribution in [3.05, 3.63) is 12.1 Å². The number of nitrogens with zero attached hydrogens (tertiary/aromatic N) is 1. The lowest BCUT2D eigenvalue weighted by Gasteiger charge is -2.40. The fourth-order valence-corrected chi connectivity index (χ4v) is 4.57. The third-order valence-electron chi connectivity index (χ3n) is 5.50. The Labute approximate surface area is 126 Å². The first-order valence-corrected chi connectivity index (χ1v) is 8.10. The average Bonchev–Trinajstić information content (AvgIpc) is 2.92. The minimum atomic E-state index is 0.642. The van der Waals surface area contributed by atoms with E-state index < -0.39 is 0 Å². The summed E-state index contributed by atoms with van der Waals surface area (Å²) in [6.07, 6.45) is 6.87. The Morgan fingerprint density at radius 1 is 1.10 bits per heavy atom. The molecule has 4 rings (SSSR count). The van der Waals surface area contributed by atoms with Gasteiger partial charge in [-0.05, 0) is 25.2 Å². The van der Waals surface area contributed by atoms with Crippen molar-refractivity contribution in [2.24, 2.45) is 5.92 Å². The fraction of sp³-hybridized carbons (Fsp3) is 0.647. The van der Waals surface area contributed by atoms with Crippen molar-refractivity contribution in [1.82, 2.24) is 0 Å². The van der Waals surface area contributed by atoms with Gasteiger partial charge in [-0.25, -0.2) is 0 Å². The van der Waals surface area contributed by atoms with Gasteiger partial charge < -0.3 is 19.7 Å². The van der Waals surface area contributed by atoms with Gasteiger partial charge in [0.2, 0.25) is 0 Å². The van der Waals surface area contributed by atoms with Crippen LogP contribution in [0.2, 0.25) is 0 Å². The minimum absolute atomic E-state index is 0.642. The molecule has 2 fully saturated rings. The molecule has 1 aliphatic carbocycles. The number of fused-ring (bicyclic) bond motifs is 5. The second-order valence-electron chi connectivity index (χ2n) is 6.51. The molecule has 0 aromatic heterocycles. The SMILES string of the molecule is COc1cc2c(cc1OC)N1C(CN2)CC2CCCCC21. The van der Waals surface area contributed by atoms with Gasteiger partial charge in [-0.2, -0.15) is 0 Å². The van der Waals surface area contributed by atoms with Crippen LogP contribution in [0.1, 0.15) is 32.1 Å². The Morgan fingerprint density at radius 2 is 1.86 bits per heavy atom. The lowest BCUT2D eigenvalue weighted by Crippen LogP contribution is -2.44. The Morgan fingerprint density at radius 3 is 2.67 bits per heavy atom. The number of hydrogen-bond donors (Lipinski definition) is 1. The van der Waals surface area contributed by atoms with Gasteiger partial charge in [-0.3, -0.25) is 0 Å². The topological polar surface area (TPSA) is 33.7 Å². The predicted molar refractivity (Wildman–Crippen MR) is 84.7 cm³/mol. The number of methoxy groups -OCH3 is 2. The van der Waals surface area contributed by atoms with Crippen LogP contribution >= 0.6 is 0 Å². The smallest absolute Gasteiger partial charge is 0.162 e. The normalized spacial score (nSPS) is 30.0. The van der Waals surface area contributed by atoms with Gasteiger partial charge in [0.1, 0.15) is 0 Å². The van der Waals surface area contributed by atoms with E-state index in [0.29, 0.717) is 6.04 Å². The lowest BCUT2D eigenvalue weighted by atomic mass is 9.85. The molecule has 1 aromatic rings. The molecule has 0 bridgehead atoms. The summed E-state index contributed by atoms with van der Waals surface area (Å²) >= 11 is 0. The van der Waals surface area contributed by atoms with Crippen LogP contribution in [-0.4, -0.2) is 32.8 Å². The Balaban J connectivity index is 1.76. The van der Waals surface area contributed by atoms with Gasteiger partial charge in [0.15, 0.2) is 11.5 Å². The zero-order valence-corrected chi connectivity index (χ0v) is 12.9. The summed E-state index contributed by atoms with van der Waals surface area (Å²) in [5.74, 6) is 2.52. The van der Waals surface area contributed by atoms with Crippen molar-refractivity contribution in [2.45, 2.75) is 44.2 Å². The molecule has 0 amide bonds. The second kappa shape index (κ2) is 5.00. The molecular formula is C17H24N2O2. The van der Waals surface area contributed by atoms with Crippen LogP contribution in [-0.2, 0) is 0 Å². The monoisotopic (exact) mass is 288 g/mol. The Hall–Kier alpha value is -1.58. The van der Waals surface area contributed by atoms with E-state index in [4.69, 9.17) is 9.47 Å². The maximum atomic E-state index is 5.51. The van der Waals surface area contributed by atoms with E-state index in [1.165, 1.54) is 43.5 Å². The highest BCUT2D eigenvalue weighted by Crippen LogP contribution is 2.49. The molecule has 4 nitrogen and oxygen atoms in total. The van der Waals surface area contributed by atoms with Crippen LogP contribution in [0.4, 0.5) is 11.4 Å². The van der Waals surface area contributed by atoms with E-state index in [1.807, 2.05) is 0 Å². The second-order valence-corrected chi connectivity index (χ2v) is 6.51. The van der Waals surface area contributed by atoms with Crippen LogP contribution in [0, 0.1) is 5.92 Å². The summed E-state index contributed by atoms with van der Waals surface area (Å²) in [7, 11) is 3.41. The summed E-state index contributed by atoms with van der Waals surface area (Å²) in [4.78, 5) is 2.68. The van der Waals surface area contributed by atoms with E-state index >= 15 is 0 Å². The van der Waals surface area contributed by atoms with Crippen LogP contribution in [0.25, 0.3) is 0 Å². The first-order valence-electron chi connectivity index (χ1n) is 8.10. The third kappa shape index (κ3) is 1.95. The number of ether oxygens (including phenoxy) is 2. The molecule has 1 N–H and O–H groups in total. The number of rotatable bonds is 2. The molecule has 21 heavy (non-hydrogen) atoms. The van der Waals surface area contributed by atoms with Crippen LogP contribution in [0.3, 0.4) is 0 Å². The summed E-state index contributed by atoms with van der Waals surface area (Å²) in [6.45, 7) is 1.05. The van der Waals surface area contributed by atoms with E-state index in [-0.39, 0.29) is 0 Å². The maximum absolute atomic E-state index is 5.51. The summed E-state index contributed by atoms with van der Waals surface area (Å²) in [6, 6.07) is 5.61. The molecule has 1 saturated heterocycles. The summed E-state index contributed by atoms with van der Waals surface area (Å²) in [5.41, 5.74) is 2.49.